The maximum absolute atomic E-state index is 11.7. The summed E-state index contributed by atoms with van der Waals surface area (Å²) in [6.45, 7) is 6.36. The summed E-state index contributed by atoms with van der Waals surface area (Å²) in [5, 5.41) is 6.77. The minimum absolute atomic E-state index is 0.0992. The molecule has 0 spiro atoms. The van der Waals surface area contributed by atoms with Crippen LogP contribution in [0.4, 0.5) is 5.69 Å². The first-order valence-corrected chi connectivity index (χ1v) is 4.68. The number of anilines is 1. The van der Waals surface area contributed by atoms with Crippen LogP contribution in [-0.4, -0.2) is 21.7 Å². The zero-order chi connectivity index (χ0) is 10.7. The highest BCUT2D eigenvalue weighted by Crippen LogP contribution is 2.10. The summed E-state index contributed by atoms with van der Waals surface area (Å²) in [5.41, 5.74) is 6.52. The maximum Gasteiger partial charge on any atom is 0.271 e. The third-order valence-electron chi connectivity index (χ3n) is 1.80. The van der Waals surface area contributed by atoms with Crippen LogP contribution in [0.2, 0.25) is 0 Å². The molecule has 0 fully saturated rings. The highest BCUT2D eigenvalue weighted by Gasteiger charge is 2.16. The molecule has 0 aliphatic carbocycles. The predicted octanol–water partition coefficient (Wildman–Crippen LogP) is 0.623. The summed E-state index contributed by atoms with van der Waals surface area (Å²) in [6, 6.07) is 0.0992. The number of hydrogen-bond donors (Lipinski definition) is 2. The van der Waals surface area contributed by atoms with Crippen molar-refractivity contribution in [2.75, 3.05) is 5.73 Å². The summed E-state index contributed by atoms with van der Waals surface area (Å²) < 4.78 is 1.59. The number of aromatic nitrogens is 2. The van der Waals surface area contributed by atoms with Crippen LogP contribution in [0.15, 0.2) is 6.20 Å². The number of hydrogen-bond acceptors (Lipinski definition) is 3. The molecule has 0 atom stereocenters. The van der Waals surface area contributed by atoms with Crippen LogP contribution in [0.5, 0.6) is 0 Å². The number of amides is 1. The average Bonchev–Trinajstić information content (AvgIpc) is 2.45. The third-order valence-corrected chi connectivity index (χ3v) is 1.80. The van der Waals surface area contributed by atoms with Gasteiger partial charge >= 0.3 is 0 Å². The van der Waals surface area contributed by atoms with E-state index in [1.807, 2.05) is 20.8 Å². The second kappa shape index (κ2) is 4.13. The van der Waals surface area contributed by atoms with E-state index in [2.05, 4.69) is 10.4 Å². The molecular formula is C9H16N4O. The van der Waals surface area contributed by atoms with Crippen LogP contribution < -0.4 is 11.1 Å². The van der Waals surface area contributed by atoms with Crippen LogP contribution in [0, 0.1) is 0 Å². The van der Waals surface area contributed by atoms with Crippen LogP contribution in [-0.2, 0) is 6.54 Å². The number of aryl methyl sites for hydroxylation is 1. The van der Waals surface area contributed by atoms with Crippen molar-refractivity contribution in [2.45, 2.75) is 33.4 Å². The molecule has 5 heteroatoms. The predicted molar refractivity (Wildman–Crippen MR) is 54.9 cm³/mol. The van der Waals surface area contributed by atoms with Crippen molar-refractivity contribution >= 4 is 11.6 Å². The second-order valence-corrected chi connectivity index (χ2v) is 3.39. The normalized spacial score (nSPS) is 10.6. The van der Waals surface area contributed by atoms with Gasteiger partial charge in [0.25, 0.3) is 5.91 Å². The molecule has 0 bridgehead atoms. The van der Waals surface area contributed by atoms with Crippen molar-refractivity contribution in [3.63, 3.8) is 0 Å². The molecule has 5 nitrogen and oxygen atoms in total. The molecule has 1 amide bonds. The molecule has 78 valence electrons. The van der Waals surface area contributed by atoms with E-state index in [0.717, 1.165) is 0 Å². The molecule has 0 saturated heterocycles. The highest BCUT2D eigenvalue weighted by molar-refractivity contribution is 5.97. The molecule has 0 unspecified atom stereocenters. The Balaban J connectivity index is 2.93. The van der Waals surface area contributed by atoms with Crippen LogP contribution >= 0.6 is 0 Å². The Morgan fingerprint density at radius 2 is 2.36 bits per heavy atom. The first kappa shape index (κ1) is 10.6. The van der Waals surface area contributed by atoms with Crippen molar-refractivity contribution in [1.82, 2.24) is 15.1 Å². The molecule has 14 heavy (non-hydrogen) atoms. The van der Waals surface area contributed by atoms with Gasteiger partial charge in [0, 0.05) is 12.6 Å². The fraction of sp³-hybridized carbons (Fsp3) is 0.556. The molecule has 0 radical (unpaired) electrons. The highest BCUT2D eigenvalue weighted by atomic mass is 16.2. The third kappa shape index (κ3) is 2.04. The minimum atomic E-state index is -0.170. The van der Waals surface area contributed by atoms with Crippen LogP contribution in [0.1, 0.15) is 31.3 Å². The van der Waals surface area contributed by atoms with Gasteiger partial charge in [-0.15, -0.1) is 0 Å². The standard InChI is InChI=1S/C9H16N4O/c1-4-13-8(7(10)5-11-13)9(14)12-6(2)3/h5-6H,4,10H2,1-3H3,(H,12,14). The molecule has 1 heterocycles. The lowest BCUT2D eigenvalue weighted by Crippen LogP contribution is -2.32. The Morgan fingerprint density at radius 3 is 2.86 bits per heavy atom. The van der Waals surface area contributed by atoms with Gasteiger partial charge in [-0.3, -0.25) is 9.48 Å². The van der Waals surface area contributed by atoms with E-state index in [0.29, 0.717) is 17.9 Å². The Morgan fingerprint density at radius 1 is 1.71 bits per heavy atom. The largest absolute Gasteiger partial charge is 0.396 e. The number of nitrogen functional groups attached to an aromatic ring is 1. The Labute approximate surface area is 83.3 Å². The monoisotopic (exact) mass is 196 g/mol. The molecule has 0 aliphatic rings. The number of carbonyl (C=O) groups excluding carboxylic acids is 1. The van der Waals surface area contributed by atoms with E-state index in [9.17, 15) is 4.79 Å². The quantitative estimate of drug-likeness (QED) is 0.744. The number of nitrogens with zero attached hydrogens (tertiary/aromatic N) is 2. The van der Waals surface area contributed by atoms with Crippen molar-refractivity contribution in [3.8, 4) is 0 Å². The average molecular weight is 196 g/mol. The zero-order valence-corrected chi connectivity index (χ0v) is 8.74. The molecule has 1 aromatic heterocycles. The summed E-state index contributed by atoms with van der Waals surface area (Å²) in [6.07, 6.45) is 1.50. The van der Waals surface area contributed by atoms with E-state index >= 15 is 0 Å². The van der Waals surface area contributed by atoms with Gasteiger partial charge in [0.1, 0.15) is 5.69 Å². The van der Waals surface area contributed by atoms with E-state index < -0.39 is 0 Å². The van der Waals surface area contributed by atoms with Crippen LogP contribution in [0.3, 0.4) is 0 Å². The fourth-order valence-corrected chi connectivity index (χ4v) is 1.22. The van der Waals surface area contributed by atoms with Crippen molar-refractivity contribution in [3.05, 3.63) is 11.9 Å². The van der Waals surface area contributed by atoms with E-state index in [4.69, 9.17) is 5.73 Å². The molecule has 0 aliphatic heterocycles. The van der Waals surface area contributed by atoms with Crippen molar-refractivity contribution in [1.29, 1.82) is 0 Å². The smallest absolute Gasteiger partial charge is 0.271 e. The second-order valence-electron chi connectivity index (χ2n) is 3.39. The Kier molecular flexibility index (Phi) is 3.11. The lowest BCUT2D eigenvalue weighted by molar-refractivity contribution is 0.0933. The summed E-state index contributed by atoms with van der Waals surface area (Å²) >= 11 is 0. The van der Waals surface area contributed by atoms with Crippen LogP contribution in [0.25, 0.3) is 0 Å². The van der Waals surface area contributed by atoms with E-state index in [1.165, 1.54) is 6.20 Å². The van der Waals surface area contributed by atoms with Gasteiger partial charge in [0.05, 0.1) is 11.9 Å². The molecule has 3 N–H and O–H groups in total. The summed E-state index contributed by atoms with van der Waals surface area (Å²) in [7, 11) is 0. The van der Waals surface area contributed by atoms with Gasteiger partial charge in [-0.25, -0.2) is 0 Å². The molecule has 1 rings (SSSR count). The number of rotatable bonds is 3. The van der Waals surface area contributed by atoms with Crippen molar-refractivity contribution < 1.29 is 4.79 Å². The lowest BCUT2D eigenvalue weighted by Gasteiger charge is -2.09. The van der Waals surface area contributed by atoms with Crippen molar-refractivity contribution in [2.24, 2.45) is 0 Å². The maximum atomic E-state index is 11.7. The fourth-order valence-electron chi connectivity index (χ4n) is 1.22. The van der Waals surface area contributed by atoms with Gasteiger partial charge in [-0.05, 0) is 20.8 Å². The van der Waals surface area contributed by atoms with E-state index in [1.54, 1.807) is 4.68 Å². The van der Waals surface area contributed by atoms with E-state index in [-0.39, 0.29) is 11.9 Å². The SMILES string of the molecule is CCn1ncc(N)c1C(=O)NC(C)C. The zero-order valence-electron chi connectivity index (χ0n) is 8.74. The lowest BCUT2D eigenvalue weighted by atomic mass is 10.3. The minimum Gasteiger partial charge on any atom is -0.396 e. The molecular weight excluding hydrogens is 180 g/mol. The van der Waals surface area contributed by atoms with Gasteiger partial charge in [-0.2, -0.15) is 5.10 Å². The summed E-state index contributed by atoms with van der Waals surface area (Å²) in [5.74, 6) is -0.170. The van der Waals surface area contributed by atoms with Gasteiger partial charge in [0.2, 0.25) is 0 Å². The molecule has 1 aromatic rings. The first-order valence-electron chi connectivity index (χ1n) is 4.68. The Bertz CT molecular complexity index is 330. The molecule has 0 aromatic carbocycles. The van der Waals surface area contributed by atoms with Gasteiger partial charge < -0.3 is 11.1 Å². The van der Waals surface area contributed by atoms with Gasteiger partial charge in [0.15, 0.2) is 0 Å². The topological polar surface area (TPSA) is 72.9 Å². The summed E-state index contributed by atoms with van der Waals surface area (Å²) in [4.78, 5) is 11.7. The van der Waals surface area contributed by atoms with Gasteiger partial charge in [-0.1, -0.05) is 0 Å². The number of nitrogens with two attached hydrogens (primary N) is 1. The first-order chi connectivity index (χ1) is 6.56. The number of nitrogens with one attached hydrogen (secondary N) is 1. The molecule has 0 saturated carbocycles. The Hall–Kier alpha value is -1.52. The number of carbonyl (C=O) groups is 1.